The third-order valence-corrected chi connectivity index (χ3v) is 3.28. The van der Waals surface area contributed by atoms with Crippen molar-refractivity contribution in [2.24, 2.45) is 5.92 Å². The number of hydrogen-bond donors (Lipinski definition) is 1. The Bertz CT molecular complexity index is 193. The summed E-state index contributed by atoms with van der Waals surface area (Å²) >= 11 is 3.30. The van der Waals surface area contributed by atoms with Crippen molar-refractivity contribution < 1.29 is 9.53 Å². The van der Waals surface area contributed by atoms with Crippen molar-refractivity contribution in [3.05, 3.63) is 0 Å². The van der Waals surface area contributed by atoms with Crippen LogP contribution in [0.15, 0.2) is 0 Å². The van der Waals surface area contributed by atoms with E-state index in [9.17, 15) is 4.79 Å². The molecule has 0 bridgehead atoms. The van der Waals surface area contributed by atoms with Crippen molar-refractivity contribution in [3.63, 3.8) is 0 Å². The van der Waals surface area contributed by atoms with Gasteiger partial charge in [-0.05, 0) is 25.2 Å². The molecule has 0 radical (unpaired) electrons. The smallest absolute Gasteiger partial charge is 0.220 e. The fourth-order valence-electron chi connectivity index (χ4n) is 2.11. The Hall–Kier alpha value is -0.0900. The highest BCUT2D eigenvalue weighted by Gasteiger charge is 2.17. The van der Waals surface area contributed by atoms with Crippen LogP contribution in [0.25, 0.3) is 0 Å². The van der Waals surface area contributed by atoms with E-state index < -0.39 is 0 Å². The minimum absolute atomic E-state index is 0.215. The topological polar surface area (TPSA) is 38.3 Å². The van der Waals surface area contributed by atoms with Crippen LogP contribution in [0.1, 0.15) is 38.5 Å². The van der Waals surface area contributed by atoms with Gasteiger partial charge in [-0.25, -0.2) is 0 Å². The molecule has 1 N–H and O–H groups in total. The van der Waals surface area contributed by atoms with Gasteiger partial charge in [0, 0.05) is 24.9 Å². The van der Waals surface area contributed by atoms with E-state index in [4.69, 9.17) is 4.74 Å². The maximum atomic E-state index is 11.5. The molecule has 1 aliphatic rings. The molecule has 0 heterocycles. The molecule has 0 aromatic rings. The van der Waals surface area contributed by atoms with E-state index in [0.717, 1.165) is 37.9 Å². The van der Waals surface area contributed by atoms with Crippen LogP contribution in [0.2, 0.25) is 0 Å². The number of rotatable bonds is 8. The summed E-state index contributed by atoms with van der Waals surface area (Å²) in [6, 6.07) is 0. The van der Waals surface area contributed by atoms with Gasteiger partial charge in [-0.3, -0.25) is 4.79 Å². The summed E-state index contributed by atoms with van der Waals surface area (Å²) in [7, 11) is 0. The quantitative estimate of drug-likeness (QED) is 0.551. The van der Waals surface area contributed by atoms with Crippen LogP contribution in [0.4, 0.5) is 0 Å². The number of amides is 1. The van der Waals surface area contributed by atoms with Gasteiger partial charge in [0.15, 0.2) is 0 Å². The average Bonchev–Trinajstić information content (AvgIpc) is 2.76. The fraction of sp³-hybridized carbons (Fsp3) is 0.917. The lowest BCUT2D eigenvalue weighted by atomic mass is 10.0. The largest absolute Gasteiger partial charge is 0.381 e. The maximum absolute atomic E-state index is 11.5. The number of hydrogen-bond acceptors (Lipinski definition) is 2. The zero-order valence-electron chi connectivity index (χ0n) is 9.84. The van der Waals surface area contributed by atoms with Gasteiger partial charge in [-0.15, -0.1) is 0 Å². The standard InChI is InChI=1S/C12H22BrNO2/c13-6-9-16-8-3-7-14-12(15)10-11-4-1-2-5-11/h11H,1-10H2,(H,14,15). The first kappa shape index (κ1) is 14.0. The van der Waals surface area contributed by atoms with Gasteiger partial charge in [0.2, 0.25) is 5.91 Å². The molecule has 0 atom stereocenters. The van der Waals surface area contributed by atoms with Crippen molar-refractivity contribution in [2.45, 2.75) is 38.5 Å². The molecule has 0 aromatic carbocycles. The van der Waals surface area contributed by atoms with Crippen LogP contribution in [0.3, 0.4) is 0 Å². The predicted molar refractivity (Wildman–Crippen MR) is 68.8 cm³/mol. The van der Waals surface area contributed by atoms with E-state index in [-0.39, 0.29) is 5.91 Å². The Morgan fingerprint density at radius 2 is 2.06 bits per heavy atom. The van der Waals surface area contributed by atoms with Crippen LogP contribution in [0.5, 0.6) is 0 Å². The molecule has 0 unspecified atom stereocenters. The zero-order valence-corrected chi connectivity index (χ0v) is 11.4. The normalized spacial score (nSPS) is 16.6. The number of carbonyl (C=O) groups excluding carboxylic acids is 1. The first-order chi connectivity index (χ1) is 7.83. The summed E-state index contributed by atoms with van der Waals surface area (Å²) in [4.78, 5) is 11.5. The predicted octanol–water partition coefficient (Wildman–Crippen LogP) is 2.48. The van der Waals surface area contributed by atoms with Crippen molar-refractivity contribution in [1.82, 2.24) is 5.32 Å². The molecular formula is C12H22BrNO2. The average molecular weight is 292 g/mol. The van der Waals surface area contributed by atoms with Gasteiger partial charge in [-0.1, -0.05) is 28.8 Å². The summed E-state index contributed by atoms with van der Waals surface area (Å²) in [5.41, 5.74) is 0. The minimum atomic E-state index is 0.215. The Labute approximate surface area is 106 Å². The number of ether oxygens (including phenoxy) is 1. The molecular weight excluding hydrogens is 270 g/mol. The lowest BCUT2D eigenvalue weighted by molar-refractivity contribution is -0.122. The summed E-state index contributed by atoms with van der Waals surface area (Å²) in [6.07, 6.45) is 6.71. The van der Waals surface area contributed by atoms with Gasteiger partial charge in [0.05, 0.1) is 6.61 Å². The first-order valence-electron chi connectivity index (χ1n) is 6.23. The number of halogens is 1. The molecule has 0 spiro atoms. The second-order valence-corrected chi connectivity index (χ2v) is 5.15. The molecule has 1 fully saturated rings. The minimum Gasteiger partial charge on any atom is -0.381 e. The Morgan fingerprint density at radius 1 is 1.31 bits per heavy atom. The van der Waals surface area contributed by atoms with E-state index in [1.54, 1.807) is 0 Å². The van der Waals surface area contributed by atoms with E-state index in [1.807, 2.05) is 0 Å². The maximum Gasteiger partial charge on any atom is 0.220 e. The molecule has 16 heavy (non-hydrogen) atoms. The molecule has 1 rings (SSSR count). The van der Waals surface area contributed by atoms with Gasteiger partial charge < -0.3 is 10.1 Å². The Kier molecular flexibility index (Phi) is 7.85. The Balaban J connectivity index is 1.89. The second kappa shape index (κ2) is 8.99. The van der Waals surface area contributed by atoms with E-state index >= 15 is 0 Å². The first-order valence-corrected chi connectivity index (χ1v) is 7.35. The summed E-state index contributed by atoms with van der Waals surface area (Å²) in [5.74, 6) is 0.858. The SMILES string of the molecule is O=C(CC1CCCC1)NCCCOCCBr. The molecule has 1 saturated carbocycles. The third-order valence-electron chi connectivity index (χ3n) is 2.96. The highest BCUT2D eigenvalue weighted by atomic mass is 79.9. The van der Waals surface area contributed by atoms with Crippen LogP contribution >= 0.6 is 15.9 Å². The van der Waals surface area contributed by atoms with Crippen molar-refractivity contribution in [2.75, 3.05) is 25.1 Å². The lowest BCUT2D eigenvalue weighted by Gasteiger charge is -2.09. The molecule has 1 amide bonds. The molecule has 1 aliphatic carbocycles. The van der Waals surface area contributed by atoms with E-state index in [2.05, 4.69) is 21.2 Å². The van der Waals surface area contributed by atoms with Crippen LogP contribution in [-0.4, -0.2) is 31.0 Å². The van der Waals surface area contributed by atoms with Gasteiger partial charge in [-0.2, -0.15) is 0 Å². The van der Waals surface area contributed by atoms with Crippen molar-refractivity contribution in [3.8, 4) is 0 Å². The van der Waals surface area contributed by atoms with E-state index in [0.29, 0.717) is 5.92 Å². The molecule has 3 nitrogen and oxygen atoms in total. The highest BCUT2D eigenvalue weighted by molar-refractivity contribution is 9.09. The summed E-state index contributed by atoms with van der Waals surface area (Å²) in [5, 5.41) is 3.83. The van der Waals surface area contributed by atoms with Crippen molar-refractivity contribution in [1.29, 1.82) is 0 Å². The monoisotopic (exact) mass is 291 g/mol. The number of nitrogens with one attached hydrogen (secondary N) is 1. The van der Waals surface area contributed by atoms with Crippen molar-refractivity contribution >= 4 is 21.8 Å². The van der Waals surface area contributed by atoms with Crippen LogP contribution in [0, 0.1) is 5.92 Å². The van der Waals surface area contributed by atoms with Crippen LogP contribution in [-0.2, 0) is 9.53 Å². The van der Waals surface area contributed by atoms with Gasteiger partial charge >= 0.3 is 0 Å². The molecule has 0 aliphatic heterocycles. The second-order valence-electron chi connectivity index (χ2n) is 4.36. The number of carbonyl (C=O) groups is 1. The van der Waals surface area contributed by atoms with Crippen LogP contribution < -0.4 is 5.32 Å². The molecule has 0 saturated heterocycles. The highest BCUT2D eigenvalue weighted by Crippen LogP contribution is 2.27. The zero-order chi connectivity index (χ0) is 11.6. The molecule has 0 aromatic heterocycles. The Morgan fingerprint density at radius 3 is 2.75 bits per heavy atom. The van der Waals surface area contributed by atoms with E-state index in [1.165, 1.54) is 25.7 Å². The lowest BCUT2D eigenvalue weighted by Crippen LogP contribution is -2.26. The van der Waals surface area contributed by atoms with Gasteiger partial charge in [0.1, 0.15) is 0 Å². The van der Waals surface area contributed by atoms with Gasteiger partial charge in [0.25, 0.3) is 0 Å². The third kappa shape index (κ3) is 6.48. The molecule has 4 heteroatoms. The number of alkyl halides is 1. The fourth-order valence-corrected chi connectivity index (χ4v) is 2.34. The summed E-state index contributed by atoms with van der Waals surface area (Å²) < 4.78 is 5.30. The summed E-state index contributed by atoms with van der Waals surface area (Å²) in [6.45, 7) is 2.22. The molecule has 94 valence electrons.